The lowest BCUT2D eigenvalue weighted by molar-refractivity contribution is 0.0810. The summed E-state index contributed by atoms with van der Waals surface area (Å²) >= 11 is 1.34. The Morgan fingerprint density at radius 2 is 2.12 bits per heavy atom. The Bertz CT molecular complexity index is 1030. The van der Waals surface area contributed by atoms with Crippen LogP contribution < -0.4 is 10.3 Å². The first-order valence-electron chi connectivity index (χ1n) is 7.39. The van der Waals surface area contributed by atoms with Crippen molar-refractivity contribution in [3.63, 3.8) is 0 Å². The fraction of sp³-hybridized carbons (Fsp3) is 0.167. The molecule has 0 aliphatic rings. The van der Waals surface area contributed by atoms with E-state index in [1.165, 1.54) is 26.8 Å². The van der Waals surface area contributed by atoms with Crippen molar-refractivity contribution < 1.29 is 9.53 Å². The van der Waals surface area contributed by atoms with Gasteiger partial charge in [0, 0.05) is 18.6 Å². The highest BCUT2D eigenvalue weighted by molar-refractivity contribution is 7.15. The number of rotatable bonds is 4. The highest BCUT2D eigenvalue weighted by Crippen LogP contribution is 2.25. The molecular weight excluding hydrogens is 338 g/mol. The second-order valence-electron chi connectivity index (χ2n) is 5.31. The molecule has 0 unspecified atom stereocenters. The van der Waals surface area contributed by atoms with Crippen LogP contribution in [0.25, 0.3) is 16.2 Å². The minimum atomic E-state index is -0.447. The average Bonchev–Trinajstić information content (AvgIpc) is 3.07. The van der Waals surface area contributed by atoms with Crippen molar-refractivity contribution in [2.75, 3.05) is 20.7 Å². The van der Waals surface area contributed by atoms with Crippen LogP contribution in [0.4, 0.5) is 0 Å². The van der Waals surface area contributed by atoms with Gasteiger partial charge >= 0.3 is 0 Å². The Morgan fingerprint density at radius 1 is 1.40 bits per heavy atom. The topological polar surface area (TPSA) is 63.9 Å². The third-order valence-electron chi connectivity index (χ3n) is 3.74. The highest BCUT2D eigenvalue weighted by atomic mass is 32.1. The summed E-state index contributed by atoms with van der Waals surface area (Å²) < 4.78 is 6.60. The lowest BCUT2D eigenvalue weighted by atomic mass is 10.1. The Morgan fingerprint density at radius 3 is 2.76 bits per heavy atom. The number of carbonyl (C=O) groups is 1. The summed E-state index contributed by atoms with van der Waals surface area (Å²) in [4.78, 5) is 31.4. The van der Waals surface area contributed by atoms with Crippen molar-refractivity contribution in [3.8, 4) is 29.4 Å². The van der Waals surface area contributed by atoms with Crippen LogP contribution in [0.15, 0.2) is 40.6 Å². The number of methoxy groups -OCH3 is 1. The van der Waals surface area contributed by atoms with Gasteiger partial charge in [0.2, 0.25) is 0 Å². The van der Waals surface area contributed by atoms with Crippen LogP contribution in [0.5, 0.6) is 5.75 Å². The number of carbonyl (C=O) groups excluding carboxylic acids is 1. The first-order chi connectivity index (χ1) is 12.1. The van der Waals surface area contributed by atoms with Crippen LogP contribution >= 0.6 is 11.3 Å². The van der Waals surface area contributed by atoms with Crippen molar-refractivity contribution >= 4 is 22.2 Å². The molecule has 0 fully saturated rings. The van der Waals surface area contributed by atoms with Crippen molar-refractivity contribution in [3.05, 3.63) is 51.8 Å². The van der Waals surface area contributed by atoms with Crippen molar-refractivity contribution in [2.24, 2.45) is 0 Å². The van der Waals surface area contributed by atoms with E-state index in [1.54, 1.807) is 14.2 Å². The average molecular weight is 353 g/mol. The van der Waals surface area contributed by atoms with Gasteiger partial charge in [-0.3, -0.25) is 14.0 Å². The molecule has 2 aromatic heterocycles. The van der Waals surface area contributed by atoms with E-state index in [-0.39, 0.29) is 12.1 Å². The third-order valence-corrected chi connectivity index (χ3v) is 4.58. The summed E-state index contributed by atoms with van der Waals surface area (Å²) in [6, 6.07) is 7.33. The first-order valence-corrected chi connectivity index (χ1v) is 8.27. The van der Waals surface area contributed by atoms with Gasteiger partial charge in [0.25, 0.3) is 11.5 Å². The van der Waals surface area contributed by atoms with E-state index in [4.69, 9.17) is 11.2 Å². The van der Waals surface area contributed by atoms with Crippen molar-refractivity contribution in [1.82, 2.24) is 14.3 Å². The van der Waals surface area contributed by atoms with Gasteiger partial charge in [-0.15, -0.1) is 17.8 Å². The Hall–Kier alpha value is -3.11. The number of terminal acetylenes is 1. The van der Waals surface area contributed by atoms with E-state index in [0.717, 1.165) is 11.3 Å². The molecule has 3 aromatic rings. The lowest BCUT2D eigenvalue weighted by Crippen LogP contribution is -2.33. The Balaban J connectivity index is 2.13. The minimum Gasteiger partial charge on any atom is -0.497 e. The standard InChI is InChI=1S/C18H15N3O3S/c1-4-9-20(2)16(22)14-10-19-18-21(17(14)23)15(11-25-18)12-5-7-13(24-3)8-6-12/h1,5-8,10-11H,9H2,2-3H3. The van der Waals surface area contributed by atoms with Crippen molar-refractivity contribution in [1.29, 1.82) is 0 Å². The molecule has 0 aliphatic heterocycles. The maximum atomic E-state index is 12.9. The summed E-state index contributed by atoms with van der Waals surface area (Å²) in [5.74, 6) is 2.66. The minimum absolute atomic E-state index is 0.0107. The normalized spacial score (nSPS) is 10.4. The molecule has 0 atom stereocenters. The Labute approximate surface area is 148 Å². The molecule has 7 heteroatoms. The molecule has 126 valence electrons. The van der Waals surface area contributed by atoms with E-state index in [0.29, 0.717) is 10.7 Å². The van der Waals surface area contributed by atoms with Gasteiger partial charge < -0.3 is 9.64 Å². The molecule has 0 saturated heterocycles. The van der Waals surface area contributed by atoms with Gasteiger partial charge in [-0.2, -0.15) is 0 Å². The molecule has 25 heavy (non-hydrogen) atoms. The van der Waals surface area contributed by atoms with Gasteiger partial charge in [0.1, 0.15) is 11.3 Å². The highest BCUT2D eigenvalue weighted by Gasteiger charge is 2.19. The second kappa shape index (κ2) is 6.79. The number of benzene rings is 1. The van der Waals surface area contributed by atoms with Crippen LogP contribution in [0.3, 0.4) is 0 Å². The molecule has 1 amide bonds. The molecule has 6 nitrogen and oxygen atoms in total. The molecule has 0 N–H and O–H groups in total. The molecule has 0 spiro atoms. The summed E-state index contributed by atoms with van der Waals surface area (Å²) in [6.07, 6.45) is 6.54. The summed E-state index contributed by atoms with van der Waals surface area (Å²) in [5.41, 5.74) is 1.08. The molecule has 2 heterocycles. The zero-order chi connectivity index (χ0) is 18.0. The van der Waals surface area contributed by atoms with E-state index in [2.05, 4.69) is 10.9 Å². The van der Waals surface area contributed by atoms with E-state index in [9.17, 15) is 9.59 Å². The number of amides is 1. The van der Waals surface area contributed by atoms with Gasteiger partial charge in [-0.1, -0.05) is 5.92 Å². The molecule has 1 aromatic carbocycles. The number of ether oxygens (including phenoxy) is 1. The monoisotopic (exact) mass is 353 g/mol. The predicted molar refractivity (Wildman–Crippen MR) is 97.1 cm³/mol. The van der Waals surface area contributed by atoms with Crippen LogP contribution in [-0.2, 0) is 0 Å². The largest absolute Gasteiger partial charge is 0.497 e. The van der Waals surface area contributed by atoms with Crippen LogP contribution in [0.2, 0.25) is 0 Å². The fourth-order valence-corrected chi connectivity index (χ4v) is 3.28. The second-order valence-corrected chi connectivity index (χ2v) is 6.15. The van der Waals surface area contributed by atoms with Crippen LogP contribution in [-0.4, -0.2) is 40.9 Å². The summed E-state index contributed by atoms with van der Waals surface area (Å²) in [6.45, 7) is 0.121. The molecule has 0 aliphatic carbocycles. The van der Waals surface area contributed by atoms with Gasteiger partial charge in [0.15, 0.2) is 4.96 Å². The zero-order valence-corrected chi connectivity index (χ0v) is 14.5. The fourth-order valence-electron chi connectivity index (χ4n) is 2.42. The van der Waals surface area contributed by atoms with E-state index >= 15 is 0 Å². The summed E-state index contributed by atoms with van der Waals surface area (Å²) in [5, 5.41) is 1.84. The number of hydrogen-bond donors (Lipinski definition) is 0. The molecule has 0 bridgehead atoms. The predicted octanol–water partition coefficient (Wildman–Crippen LogP) is 2.14. The summed E-state index contributed by atoms with van der Waals surface area (Å²) in [7, 11) is 3.14. The molecule has 0 radical (unpaired) electrons. The molecule has 3 rings (SSSR count). The Kier molecular flexibility index (Phi) is 4.55. The number of nitrogens with zero attached hydrogens (tertiary/aromatic N) is 3. The van der Waals surface area contributed by atoms with Crippen molar-refractivity contribution in [2.45, 2.75) is 0 Å². The molecule has 0 saturated carbocycles. The number of thiazole rings is 1. The lowest BCUT2D eigenvalue weighted by Gasteiger charge is -2.13. The van der Waals surface area contributed by atoms with Gasteiger partial charge in [-0.05, 0) is 29.8 Å². The quantitative estimate of drug-likeness (QED) is 0.674. The van der Waals surface area contributed by atoms with Gasteiger partial charge in [-0.25, -0.2) is 4.98 Å². The van der Waals surface area contributed by atoms with Crippen LogP contribution in [0.1, 0.15) is 10.4 Å². The number of fused-ring (bicyclic) bond motifs is 1. The number of aromatic nitrogens is 2. The third kappa shape index (κ3) is 2.99. The smallest absolute Gasteiger partial charge is 0.271 e. The maximum Gasteiger partial charge on any atom is 0.271 e. The molecular formula is C18H15N3O3S. The van der Waals surface area contributed by atoms with E-state index < -0.39 is 11.5 Å². The van der Waals surface area contributed by atoms with Gasteiger partial charge in [0.05, 0.1) is 19.3 Å². The zero-order valence-electron chi connectivity index (χ0n) is 13.7. The van der Waals surface area contributed by atoms with E-state index in [1.807, 2.05) is 29.6 Å². The number of hydrogen-bond acceptors (Lipinski definition) is 5. The maximum absolute atomic E-state index is 12.9. The first kappa shape index (κ1) is 16.7. The van der Waals surface area contributed by atoms with Crippen LogP contribution in [0, 0.1) is 12.3 Å². The SMILES string of the molecule is C#CCN(C)C(=O)c1cnc2scc(-c3ccc(OC)cc3)n2c1=O.